The van der Waals surface area contributed by atoms with Gasteiger partial charge in [-0.05, 0) is 43.0 Å². The van der Waals surface area contributed by atoms with E-state index in [0.717, 1.165) is 17.8 Å². The van der Waals surface area contributed by atoms with Gasteiger partial charge in [0, 0.05) is 45.0 Å². The Morgan fingerprint density at radius 2 is 1.88 bits per heavy atom. The van der Waals surface area contributed by atoms with Gasteiger partial charge in [-0.15, -0.1) is 11.3 Å². The van der Waals surface area contributed by atoms with Crippen molar-refractivity contribution in [2.24, 2.45) is 0 Å². The molecule has 33 heavy (non-hydrogen) atoms. The average molecular weight is 496 g/mol. The minimum absolute atomic E-state index is 0.0256. The van der Waals surface area contributed by atoms with Gasteiger partial charge >= 0.3 is 0 Å². The van der Waals surface area contributed by atoms with Crippen LogP contribution in [-0.2, 0) is 20.4 Å². The fraction of sp³-hybridized carbons (Fsp3) is 0.565. The van der Waals surface area contributed by atoms with Gasteiger partial charge in [-0.1, -0.05) is 18.2 Å². The molecular weight excluding hydrogens is 462 g/mol. The van der Waals surface area contributed by atoms with Gasteiger partial charge in [0.15, 0.2) is 0 Å². The highest BCUT2D eigenvalue weighted by atomic mass is 32.2. The van der Waals surface area contributed by atoms with Crippen molar-refractivity contribution in [2.75, 3.05) is 57.4 Å². The predicted octanol–water partition coefficient (Wildman–Crippen LogP) is 1.55. The number of aliphatic hydroxyl groups is 2. The van der Waals surface area contributed by atoms with Gasteiger partial charge < -0.3 is 19.8 Å². The molecule has 0 spiro atoms. The molecule has 0 amide bonds. The van der Waals surface area contributed by atoms with E-state index < -0.39 is 15.6 Å². The van der Waals surface area contributed by atoms with E-state index in [1.165, 1.54) is 11.3 Å². The average Bonchev–Trinajstić information content (AvgIpc) is 3.35. The molecule has 2 fully saturated rings. The molecule has 1 aromatic carbocycles. The molecule has 2 aliphatic rings. The number of ether oxygens (including phenoxy) is 1. The van der Waals surface area contributed by atoms with Crippen LogP contribution in [0.4, 0.5) is 5.69 Å². The van der Waals surface area contributed by atoms with Crippen LogP contribution in [0, 0.1) is 0 Å². The number of morpholine rings is 1. The summed E-state index contributed by atoms with van der Waals surface area (Å²) >= 11 is 1.24. The van der Waals surface area contributed by atoms with Crippen LogP contribution in [0.2, 0.25) is 0 Å². The first-order chi connectivity index (χ1) is 15.7. The number of benzene rings is 1. The predicted molar refractivity (Wildman–Crippen MR) is 129 cm³/mol. The highest BCUT2D eigenvalue weighted by Crippen LogP contribution is 2.29. The molecular formula is C23H33N3O5S2. The summed E-state index contributed by atoms with van der Waals surface area (Å²) in [6.07, 6.45) is -0.215. The summed E-state index contributed by atoms with van der Waals surface area (Å²) in [6, 6.07) is 11.2. The molecule has 8 nitrogen and oxygen atoms in total. The number of hydrogen-bond acceptors (Lipinski definition) is 8. The Morgan fingerprint density at radius 3 is 2.52 bits per heavy atom. The van der Waals surface area contributed by atoms with Crippen molar-refractivity contribution >= 4 is 27.0 Å². The van der Waals surface area contributed by atoms with E-state index in [9.17, 15) is 18.6 Å². The monoisotopic (exact) mass is 495 g/mol. The summed E-state index contributed by atoms with van der Waals surface area (Å²) in [5.74, 6) is 0. The molecule has 2 aliphatic heterocycles. The number of piperazine rings is 1. The number of rotatable bonds is 7. The number of anilines is 1. The Morgan fingerprint density at radius 1 is 1.12 bits per heavy atom. The molecule has 0 saturated carbocycles. The minimum atomic E-state index is -3.53. The molecule has 0 aliphatic carbocycles. The summed E-state index contributed by atoms with van der Waals surface area (Å²) in [5, 5.41) is 21.6. The third-order valence-corrected chi connectivity index (χ3v) is 9.57. The minimum Gasteiger partial charge on any atom is -0.394 e. The van der Waals surface area contributed by atoms with Crippen molar-refractivity contribution in [3.63, 3.8) is 0 Å². The lowest BCUT2D eigenvalue weighted by Crippen LogP contribution is -2.59. The molecule has 2 aromatic rings. The summed E-state index contributed by atoms with van der Waals surface area (Å²) < 4.78 is 34.0. The molecule has 10 heteroatoms. The molecule has 2 atom stereocenters. The van der Waals surface area contributed by atoms with Gasteiger partial charge in [0.1, 0.15) is 4.21 Å². The summed E-state index contributed by atoms with van der Waals surface area (Å²) in [6.45, 7) is 7.45. The first-order valence-electron chi connectivity index (χ1n) is 11.3. The lowest BCUT2D eigenvalue weighted by Gasteiger charge is -2.45. The summed E-state index contributed by atoms with van der Waals surface area (Å²) in [4.78, 5) is 4.51. The van der Waals surface area contributed by atoms with Gasteiger partial charge in [0.05, 0.1) is 31.0 Å². The van der Waals surface area contributed by atoms with Crippen molar-refractivity contribution in [3.8, 4) is 0 Å². The van der Waals surface area contributed by atoms with Crippen LogP contribution in [0.3, 0.4) is 0 Å². The third-order valence-electron chi connectivity index (χ3n) is 6.34. The SMILES string of the molecule is CC(C)(O)c1ccc(N2CCN(S(=O)(=O)c3cccs3)C[C@@H]2CN2CCO[C@@H](CO)C2)cc1. The molecule has 2 N–H and O–H groups in total. The zero-order valence-corrected chi connectivity index (χ0v) is 20.8. The second-order valence-electron chi connectivity index (χ2n) is 9.18. The van der Waals surface area contributed by atoms with E-state index in [-0.39, 0.29) is 18.8 Å². The maximum Gasteiger partial charge on any atom is 0.252 e. The van der Waals surface area contributed by atoms with E-state index in [1.807, 2.05) is 24.3 Å². The number of hydrogen-bond donors (Lipinski definition) is 2. The number of nitrogens with zero attached hydrogens (tertiary/aromatic N) is 3. The van der Waals surface area contributed by atoms with E-state index in [1.54, 1.807) is 35.7 Å². The lowest BCUT2D eigenvalue weighted by atomic mass is 9.98. The highest BCUT2D eigenvalue weighted by Gasteiger charge is 2.36. The number of sulfonamides is 1. The maximum atomic E-state index is 13.2. The third kappa shape index (κ3) is 5.59. The molecule has 4 rings (SSSR count). The van der Waals surface area contributed by atoms with Gasteiger partial charge in [0.25, 0.3) is 10.0 Å². The van der Waals surface area contributed by atoms with Crippen molar-refractivity contribution in [1.82, 2.24) is 9.21 Å². The van der Waals surface area contributed by atoms with Crippen LogP contribution in [0.1, 0.15) is 19.4 Å². The topological polar surface area (TPSA) is 93.6 Å². The van der Waals surface area contributed by atoms with Crippen LogP contribution < -0.4 is 4.90 Å². The highest BCUT2D eigenvalue weighted by molar-refractivity contribution is 7.91. The lowest BCUT2D eigenvalue weighted by molar-refractivity contribution is -0.0545. The maximum absolute atomic E-state index is 13.2. The Kier molecular flexibility index (Phi) is 7.44. The Labute approximate surface area is 200 Å². The van der Waals surface area contributed by atoms with Crippen molar-refractivity contribution < 1.29 is 23.4 Å². The largest absolute Gasteiger partial charge is 0.394 e. The van der Waals surface area contributed by atoms with Gasteiger partial charge in [-0.2, -0.15) is 4.31 Å². The molecule has 0 radical (unpaired) electrons. The Bertz CT molecular complexity index is 1010. The van der Waals surface area contributed by atoms with Crippen molar-refractivity contribution in [2.45, 2.75) is 35.8 Å². The van der Waals surface area contributed by atoms with E-state index in [0.29, 0.717) is 43.5 Å². The second kappa shape index (κ2) is 9.99. The molecule has 2 saturated heterocycles. The van der Waals surface area contributed by atoms with Crippen LogP contribution in [-0.4, -0.2) is 92.5 Å². The quantitative estimate of drug-likeness (QED) is 0.602. The van der Waals surface area contributed by atoms with Gasteiger partial charge in [-0.3, -0.25) is 4.90 Å². The smallest absolute Gasteiger partial charge is 0.252 e. The van der Waals surface area contributed by atoms with E-state index in [2.05, 4.69) is 9.80 Å². The van der Waals surface area contributed by atoms with Gasteiger partial charge in [-0.25, -0.2) is 8.42 Å². The first kappa shape index (κ1) is 24.6. The fourth-order valence-corrected chi connectivity index (χ4v) is 7.11. The van der Waals surface area contributed by atoms with Crippen molar-refractivity contribution in [1.29, 1.82) is 0 Å². The normalized spacial score (nSPS) is 23.7. The molecule has 1 aromatic heterocycles. The van der Waals surface area contributed by atoms with E-state index >= 15 is 0 Å². The zero-order valence-electron chi connectivity index (χ0n) is 19.1. The van der Waals surface area contributed by atoms with Crippen LogP contribution in [0.15, 0.2) is 46.0 Å². The van der Waals surface area contributed by atoms with Crippen LogP contribution in [0.25, 0.3) is 0 Å². The fourth-order valence-electron chi connectivity index (χ4n) is 4.49. The Balaban J connectivity index is 1.57. The summed E-state index contributed by atoms with van der Waals surface area (Å²) in [5.41, 5.74) is 0.923. The van der Waals surface area contributed by atoms with Crippen molar-refractivity contribution in [3.05, 3.63) is 47.3 Å². The molecule has 182 valence electrons. The molecule has 3 heterocycles. The first-order valence-corrected chi connectivity index (χ1v) is 13.6. The standard InChI is InChI=1S/C23H33N3O5S2/c1-23(2,28)18-5-7-19(8-6-18)26-10-9-25(33(29,30)22-4-3-13-32-22)15-20(26)14-24-11-12-31-21(16-24)17-27/h3-8,13,20-21,27-28H,9-12,14-17H2,1-2H3/t20-,21+/m0/s1. The summed E-state index contributed by atoms with van der Waals surface area (Å²) in [7, 11) is -3.53. The Hall–Kier alpha value is -1.53. The zero-order chi connectivity index (χ0) is 23.6. The van der Waals surface area contributed by atoms with Crippen LogP contribution >= 0.6 is 11.3 Å². The van der Waals surface area contributed by atoms with Crippen LogP contribution in [0.5, 0.6) is 0 Å². The second-order valence-corrected chi connectivity index (χ2v) is 12.3. The van der Waals surface area contributed by atoms with E-state index in [4.69, 9.17) is 4.74 Å². The molecule has 0 unspecified atom stereocenters. The number of thiophene rings is 1. The van der Waals surface area contributed by atoms with Gasteiger partial charge in [0.2, 0.25) is 0 Å². The number of aliphatic hydroxyl groups excluding tert-OH is 1. The molecule has 0 bridgehead atoms.